The fourth-order valence-corrected chi connectivity index (χ4v) is 2.45. The average Bonchev–Trinajstić information content (AvgIpc) is 3.23. The second kappa shape index (κ2) is 5.49. The van der Waals surface area contributed by atoms with E-state index in [4.69, 9.17) is 4.52 Å². The standard InChI is InChI=1S/C17H13N5O/c1-11-14(15(22-23-11)12-6-3-2-4-7-12)13-10-20-17(21-13)16-18-8-5-9-19-16/h2-10H,1H3,(H,20,21). The van der Waals surface area contributed by atoms with E-state index in [1.807, 2.05) is 43.5 Å². The summed E-state index contributed by atoms with van der Waals surface area (Å²) < 4.78 is 5.38. The van der Waals surface area contributed by atoms with Crippen molar-refractivity contribution in [2.45, 2.75) is 6.92 Å². The number of aryl methyl sites for hydroxylation is 1. The van der Waals surface area contributed by atoms with Gasteiger partial charge in [-0.3, -0.25) is 0 Å². The Morgan fingerprint density at radius 3 is 2.57 bits per heavy atom. The highest BCUT2D eigenvalue weighted by atomic mass is 16.5. The molecule has 1 N–H and O–H groups in total. The van der Waals surface area contributed by atoms with Gasteiger partial charge in [0.2, 0.25) is 0 Å². The highest BCUT2D eigenvalue weighted by Gasteiger charge is 2.19. The number of hydrogen-bond donors (Lipinski definition) is 1. The topological polar surface area (TPSA) is 80.5 Å². The van der Waals surface area contributed by atoms with E-state index in [2.05, 4.69) is 25.1 Å². The van der Waals surface area contributed by atoms with Crippen LogP contribution in [0.4, 0.5) is 0 Å². The smallest absolute Gasteiger partial charge is 0.195 e. The number of hydrogen-bond acceptors (Lipinski definition) is 5. The van der Waals surface area contributed by atoms with Crippen molar-refractivity contribution < 1.29 is 4.52 Å². The lowest BCUT2D eigenvalue weighted by Gasteiger charge is -1.99. The molecule has 6 heteroatoms. The molecule has 0 atom stereocenters. The van der Waals surface area contributed by atoms with Crippen molar-refractivity contribution in [1.29, 1.82) is 0 Å². The molecule has 1 aromatic carbocycles. The first-order valence-electron chi connectivity index (χ1n) is 7.18. The van der Waals surface area contributed by atoms with Crippen molar-refractivity contribution in [3.63, 3.8) is 0 Å². The number of rotatable bonds is 3. The first-order valence-corrected chi connectivity index (χ1v) is 7.18. The van der Waals surface area contributed by atoms with Crippen molar-refractivity contribution >= 4 is 0 Å². The SMILES string of the molecule is Cc1onc(-c2ccccc2)c1-c1c[nH]c(-c2ncccn2)n1. The van der Waals surface area contributed by atoms with Crippen LogP contribution >= 0.6 is 0 Å². The van der Waals surface area contributed by atoms with Crippen molar-refractivity contribution in [1.82, 2.24) is 25.1 Å². The van der Waals surface area contributed by atoms with Crippen LogP contribution in [0.15, 0.2) is 59.5 Å². The van der Waals surface area contributed by atoms with Crippen LogP contribution in [0.2, 0.25) is 0 Å². The molecule has 0 amide bonds. The Morgan fingerprint density at radius 2 is 1.78 bits per heavy atom. The van der Waals surface area contributed by atoms with E-state index in [1.165, 1.54) is 0 Å². The summed E-state index contributed by atoms with van der Waals surface area (Å²) in [5.74, 6) is 1.88. The van der Waals surface area contributed by atoms with Crippen LogP contribution in [0.1, 0.15) is 5.76 Å². The molecular formula is C17H13N5O. The van der Waals surface area contributed by atoms with Gasteiger partial charge in [0.15, 0.2) is 11.6 Å². The number of aromatic nitrogens is 5. The Balaban J connectivity index is 1.81. The molecule has 0 aliphatic carbocycles. The van der Waals surface area contributed by atoms with E-state index in [-0.39, 0.29) is 0 Å². The third-order valence-electron chi connectivity index (χ3n) is 3.52. The fraction of sp³-hybridized carbons (Fsp3) is 0.0588. The third kappa shape index (κ3) is 2.40. The molecule has 0 unspecified atom stereocenters. The number of H-pyrrole nitrogens is 1. The van der Waals surface area contributed by atoms with E-state index in [1.54, 1.807) is 18.5 Å². The van der Waals surface area contributed by atoms with E-state index in [0.29, 0.717) is 11.6 Å². The number of benzene rings is 1. The number of nitrogens with one attached hydrogen (secondary N) is 1. The van der Waals surface area contributed by atoms with Gasteiger partial charge in [-0.1, -0.05) is 35.5 Å². The Hall–Kier alpha value is -3.28. The Bertz CT molecular complexity index is 928. The van der Waals surface area contributed by atoms with Crippen LogP contribution in [0.25, 0.3) is 34.2 Å². The lowest BCUT2D eigenvalue weighted by molar-refractivity contribution is 0.400. The second-order valence-corrected chi connectivity index (χ2v) is 5.04. The van der Waals surface area contributed by atoms with Gasteiger partial charge in [-0.15, -0.1) is 0 Å². The molecule has 0 aliphatic rings. The van der Waals surface area contributed by atoms with Gasteiger partial charge in [0.05, 0.1) is 11.3 Å². The summed E-state index contributed by atoms with van der Waals surface area (Å²) in [6.07, 6.45) is 5.19. The summed E-state index contributed by atoms with van der Waals surface area (Å²) in [6.45, 7) is 1.88. The average molecular weight is 303 g/mol. The van der Waals surface area contributed by atoms with Crippen LogP contribution in [0.3, 0.4) is 0 Å². The monoisotopic (exact) mass is 303 g/mol. The van der Waals surface area contributed by atoms with Crippen molar-refractivity contribution in [2.24, 2.45) is 0 Å². The predicted octanol–water partition coefficient (Wildman–Crippen LogP) is 3.50. The largest absolute Gasteiger partial charge is 0.360 e. The molecule has 3 aromatic heterocycles. The highest BCUT2D eigenvalue weighted by molar-refractivity contribution is 5.80. The fourth-order valence-electron chi connectivity index (χ4n) is 2.45. The van der Waals surface area contributed by atoms with Crippen LogP contribution in [0, 0.1) is 6.92 Å². The molecule has 0 saturated heterocycles. The van der Waals surface area contributed by atoms with E-state index >= 15 is 0 Å². The van der Waals surface area contributed by atoms with E-state index in [9.17, 15) is 0 Å². The normalized spacial score (nSPS) is 10.8. The summed E-state index contributed by atoms with van der Waals surface area (Å²) >= 11 is 0. The minimum Gasteiger partial charge on any atom is -0.360 e. The molecule has 0 aliphatic heterocycles. The number of aromatic amines is 1. The maximum Gasteiger partial charge on any atom is 0.195 e. The maximum atomic E-state index is 5.38. The van der Waals surface area contributed by atoms with Crippen LogP contribution < -0.4 is 0 Å². The van der Waals surface area contributed by atoms with Gasteiger partial charge in [0, 0.05) is 24.2 Å². The maximum absolute atomic E-state index is 5.38. The Labute approximate surface area is 132 Å². The molecule has 0 fully saturated rings. The lowest BCUT2D eigenvalue weighted by atomic mass is 10.0. The van der Waals surface area contributed by atoms with Gasteiger partial charge in [0.25, 0.3) is 0 Å². The van der Waals surface area contributed by atoms with Crippen molar-refractivity contribution in [2.75, 3.05) is 0 Å². The van der Waals surface area contributed by atoms with Crippen molar-refractivity contribution in [3.8, 4) is 34.2 Å². The Kier molecular flexibility index (Phi) is 3.20. The lowest BCUT2D eigenvalue weighted by Crippen LogP contribution is -1.89. The van der Waals surface area contributed by atoms with Crippen LogP contribution in [-0.4, -0.2) is 25.1 Å². The molecule has 112 valence electrons. The zero-order valence-corrected chi connectivity index (χ0v) is 12.4. The molecule has 4 rings (SSSR count). The minimum atomic E-state index is 0.550. The minimum absolute atomic E-state index is 0.550. The van der Waals surface area contributed by atoms with Crippen LogP contribution in [0.5, 0.6) is 0 Å². The zero-order valence-electron chi connectivity index (χ0n) is 12.4. The summed E-state index contributed by atoms with van der Waals surface area (Å²) in [4.78, 5) is 16.1. The first-order chi connectivity index (χ1) is 11.3. The zero-order chi connectivity index (χ0) is 15.6. The first kappa shape index (κ1) is 13.4. The van der Waals surface area contributed by atoms with E-state index in [0.717, 1.165) is 28.3 Å². The summed E-state index contributed by atoms with van der Waals surface area (Å²) in [5.41, 5.74) is 3.38. The molecule has 4 aromatic rings. The molecule has 6 nitrogen and oxygen atoms in total. The van der Waals surface area contributed by atoms with Crippen molar-refractivity contribution in [3.05, 3.63) is 60.7 Å². The predicted molar refractivity (Wildman–Crippen MR) is 85.3 cm³/mol. The summed E-state index contributed by atoms with van der Waals surface area (Å²) in [7, 11) is 0. The van der Waals surface area contributed by atoms with Gasteiger partial charge in [-0.2, -0.15) is 0 Å². The molecular weight excluding hydrogens is 290 g/mol. The van der Waals surface area contributed by atoms with Gasteiger partial charge in [-0.25, -0.2) is 15.0 Å². The molecule has 23 heavy (non-hydrogen) atoms. The van der Waals surface area contributed by atoms with Gasteiger partial charge >= 0.3 is 0 Å². The second-order valence-electron chi connectivity index (χ2n) is 5.04. The summed E-state index contributed by atoms with van der Waals surface area (Å²) in [6, 6.07) is 11.7. The molecule has 0 bridgehead atoms. The number of nitrogens with zero attached hydrogens (tertiary/aromatic N) is 4. The summed E-state index contributed by atoms with van der Waals surface area (Å²) in [5, 5.41) is 4.18. The van der Waals surface area contributed by atoms with E-state index < -0.39 is 0 Å². The van der Waals surface area contributed by atoms with Crippen LogP contribution in [-0.2, 0) is 0 Å². The van der Waals surface area contributed by atoms with Gasteiger partial charge in [-0.05, 0) is 13.0 Å². The third-order valence-corrected chi connectivity index (χ3v) is 3.52. The Morgan fingerprint density at radius 1 is 1.00 bits per heavy atom. The molecule has 0 radical (unpaired) electrons. The molecule has 3 heterocycles. The number of imidazole rings is 1. The molecule has 0 saturated carbocycles. The van der Waals surface area contributed by atoms with Gasteiger partial charge < -0.3 is 9.51 Å². The highest BCUT2D eigenvalue weighted by Crippen LogP contribution is 2.33. The molecule has 0 spiro atoms. The van der Waals surface area contributed by atoms with Gasteiger partial charge in [0.1, 0.15) is 11.5 Å². The quantitative estimate of drug-likeness (QED) is 0.626.